The molecule has 4 aromatic heterocycles. The molecule has 3 aliphatic heterocycles. The van der Waals surface area contributed by atoms with Gasteiger partial charge in [0.1, 0.15) is 0 Å². The van der Waals surface area contributed by atoms with Gasteiger partial charge in [0.15, 0.2) is 0 Å². The van der Waals surface area contributed by atoms with Gasteiger partial charge in [0.2, 0.25) is 0 Å². The number of ether oxygens (including phenoxy) is 2. The predicted octanol–water partition coefficient (Wildman–Crippen LogP) is 1.09. The van der Waals surface area contributed by atoms with E-state index in [1.807, 2.05) is 0 Å². The number of nitrogens with one attached hydrogen (secondary N) is 2. The molecule has 26 heteroatoms. The second-order valence-electron chi connectivity index (χ2n) is 11.9. The molecule has 8 atom stereocenters. The van der Waals surface area contributed by atoms with Crippen molar-refractivity contribution in [3.8, 4) is 0 Å². The van der Waals surface area contributed by atoms with Crippen LogP contribution >= 0.6 is 38.8 Å². The van der Waals surface area contributed by atoms with Crippen molar-refractivity contribution in [3.63, 3.8) is 0 Å². The van der Waals surface area contributed by atoms with Crippen LogP contribution < -0.4 is 16.6 Å². The quantitative estimate of drug-likeness (QED) is 0.113. The number of alkyl halides is 2. The fraction of sp³-hybridized carbons (Fsp3) is 0.542. The molecule has 6 N–H and O–H groups in total. The number of H-pyrrole nitrogens is 1. The molecule has 7 rings (SSSR count). The molecule has 4 aromatic rings. The van der Waals surface area contributed by atoms with Crippen LogP contribution in [-0.4, -0.2) is 105 Å². The van der Waals surface area contributed by atoms with Crippen molar-refractivity contribution >= 4 is 78.8 Å². The Morgan fingerprint density at radius 2 is 1.50 bits per heavy atom. The number of aromatic nitrogens is 8. The number of hydrogen-bond donors (Lipinski definition) is 7. The van der Waals surface area contributed by atoms with Crippen LogP contribution in [0, 0.1) is 5.92 Å². The van der Waals surface area contributed by atoms with Gasteiger partial charge in [-0.05, 0) is 0 Å². The Morgan fingerprint density at radius 3 is 2.06 bits per heavy atom. The van der Waals surface area contributed by atoms with Gasteiger partial charge in [-0.1, -0.05) is 0 Å². The number of aromatic amines is 1. The van der Waals surface area contributed by atoms with Crippen LogP contribution in [0.1, 0.15) is 26.3 Å². The van der Waals surface area contributed by atoms with Crippen molar-refractivity contribution in [2.45, 2.75) is 63.1 Å². The summed E-state index contributed by atoms with van der Waals surface area (Å²) in [5, 5.41) is 2.47. The van der Waals surface area contributed by atoms with Gasteiger partial charge < -0.3 is 0 Å². The van der Waals surface area contributed by atoms with E-state index in [2.05, 4.69) is 59.7 Å². The zero-order valence-corrected chi connectivity index (χ0v) is 29.6. The molecule has 0 spiro atoms. The number of carbonyl (C=O) groups excluding carboxylic acids is 1. The molecular formula is C24H32F2N10O10P2S2. The number of amides is 1. The molecule has 1 amide bonds. The van der Waals surface area contributed by atoms with Crippen LogP contribution in [0.4, 0.5) is 20.5 Å². The van der Waals surface area contributed by atoms with Crippen molar-refractivity contribution in [1.82, 2.24) is 39.0 Å². The molecule has 0 saturated carbocycles. The Kier molecular flexibility index (Phi) is 9.52. The number of imidazole rings is 2. The number of nitrogens with two attached hydrogens (primary N) is 1. The maximum atomic E-state index is 16.3. The molecule has 0 bridgehead atoms. The molecule has 3 fully saturated rings. The molecule has 0 radical (unpaired) electrons. The Morgan fingerprint density at radius 1 is 0.960 bits per heavy atom. The normalized spacial score (nSPS) is 32.6. The van der Waals surface area contributed by atoms with Gasteiger partial charge in [-0.2, -0.15) is 0 Å². The van der Waals surface area contributed by atoms with Crippen molar-refractivity contribution in [3.05, 3.63) is 29.3 Å². The monoisotopic (exact) mass is 784 g/mol. The van der Waals surface area contributed by atoms with E-state index in [9.17, 15) is 19.4 Å². The number of carbonyl (C=O) groups is 1. The molecule has 0 aliphatic carbocycles. The second-order valence-corrected chi connectivity index (χ2v) is 18.5. The summed E-state index contributed by atoms with van der Waals surface area (Å²) in [6.45, 7) is 2.04. The van der Waals surface area contributed by atoms with Crippen LogP contribution in [0.25, 0.3) is 22.3 Å². The Bertz CT molecular complexity index is 1990. The Balaban J connectivity index is 1.15. The summed E-state index contributed by atoms with van der Waals surface area (Å²) < 4.78 is 69.1. The summed E-state index contributed by atoms with van der Waals surface area (Å²) in [5.41, 5.74) is 5.14. The molecule has 3 aliphatic rings. The van der Waals surface area contributed by atoms with Gasteiger partial charge in [-0.15, -0.1) is 0 Å². The van der Waals surface area contributed by atoms with E-state index in [1.165, 1.54) is 10.9 Å². The van der Waals surface area contributed by atoms with Crippen LogP contribution in [0.5, 0.6) is 0 Å². The van der Waals surface area contributed by atoms with Gasteiger partial charge in [-0.25, -0.2) is 0 Å². The summed E-state index contributed by atoms with van der Waals surface area (Å²) in [4.78, 5) is 69.9. The second kappa shape index (κ2) is 13.4. The third-order valence-corrected chi connectivity index (χ3v) is 11.8. The van der Waals surface area contributed by atoms with Crippen LogP contribution in [-0.2, 0) is 32.4 Å². The number of anilines is 2. The average Bonchev–Trinajstić information content (AvgIpc) is 3.80. The van der Waals surface area contributed by atoms with E-state index in [-0.39, 0.29) is 34.1 Å². The Labute approximate surface area is 290 Å². The number of nitrogen functional groups attached to an aromatic ring is 1. The van der Waals surface area contributed by atoms with Gasteiger partial charge in [0.05, 0.1) is 0 Å². The first kappa shape index (κ1) is 35.7. The molecule has 0 aromatic carbocycles. The summed E-state index contributed by atoms with van der Waals surface area (Å²) in [5.74, 6) is -1.04. The van der Waals surface area contributed by atoms with E-state index < -0.39 is 94.1 Å². The number of halogens is 2. The van der Waals surface area contributed by atoms with Crippen LogP contribution in [0.15, 0.2) is 23.8 Å². The molecule has 7 heterocycles. The van der Waals surface area contributed by atoms with Crippen LogP contribution in [0.2, 0.25) is 0 Å². The van der Waals surface area contributed by atoms with Gasteiger partial charge in [0, 0.05) is 0 Å². The first-order valence-electron chi connectivity index (χ1n) is 15.0. The number of nitrogens with zero attached hydrogens (tertiary/aromatic N) is 7. The predicted molar refractivity (Wildman–Crippen MR) is 180 cm³/mol. The number of fused-ring (bicyclic) bond motifs is 4. The molecule has 3 saturated heterocycles. The molecule has 50 heavy (non-hydrogen) atoms. The summed E-state index contributed by atoms with van der Waals surface area (Å²) in [7, 11) is -9.13. The van der Waals surface area contributed by atoms with Crippen LogP contribution in [0.3, 0.4) is 0 Å². The number of thiol groups is 2. The fourth-order valence-corrected chi connectivity index (χ4v) is 9.03. The zero-order valence-electron chi connectivity index (χ0n) is 25.9. The maximum absolute atomic E-state index is 16.3. The van der Waals surface area contributed by atoms with Gasteiger partial charge in [0.25, 0.3) is 0 Å². The SMILES string of the molecule is CC(C)C(=O)Nc1nc2c(ncn2[C@@H]2O[C@@H]3CO[PH](O)(S)O[C@H]4[C@@H](F)[C@H](n5cnc6c(N)ncnc65)O[C@@H]4CO[PH](O)(S)O[C@H]3[C@H]2F)c(=O)[nH]1. The minimum atomic E-state index is -4.57. The Hall–Kier alpha value is -2.73. The third kappa shape index (κ3) is 6.68. The van der Waals surface area contributed by atoms with Gasteiger partial charge >= 0.3 is 291 Å². The molecule has 274 valence electrons. The van der Waals surface area contributed by atoms with Gasteiger partial charge in [-0.3, -0.25) is 0 Å². The topological polar surface area (TPSA) is 258 Å². The minimum absolute atomic E-state index is 0.0502. The standard InChI is InChI=1S/C24H32F2N10O10P2S2/c1-8(2)20(37)33-24-32-19-14(21(38)34-24)31-7-36(19)23-12(26)16-10(44-23)4-42-47(39,49)45-15-9(3-41-48(40,50)46-16)43-22(11(15)25)35-6-30-13-17(27)28-5-29-18(13)35/h5-12,15-16,22-23,39-40,47-50H,3-4H2,1-2H3,(H2,27,28,29)(H2,32,33,34,37,38)/t9-,10-,11-,12-,15-,16-,22-,23-/m1/s1. The van der Waals surface area contributed by atoms with Crippen molar-refractivity contribution in [2.75, 3.05) is 24.3 Å². The first-order valence-corrected chi connectivity index (χ1v) is 21.1. The van der Waals surface area contributed by atoms with Crippen molar-refractivity contribution < 1.29 is 50.9 Å². The molecular weight excluding hydrogens is 752 g/mol. The van der Waals surface area contributed by atoms with E-state index in [0.29, 0.717) is 0 Å². The third-order valence-electron chi connectivity index (χ3n) is 8.12. The number of rotatable bonds is 4. The molecule has 20 nitrogen and oxygen atoms in total. The van der Waals surface area contributed by atoms with E-state index in [0.717, 1.165) is 17.2 Å². The van der Waals surface area contributed by atoms with E-state index in [4.69, 9.17) is 33.3 Å². The average molecular weight is 785 g/mol. The summed E-state index contributed by atoms with van der Waals surface area (Å²) in [6, 6.07) is 0. The summed E-state index contributed by atoms with van der Waals surface area (Å²) >= 11 is 8.29. The van der Waals surface area contributed by atoms with Crippen molar-refractivity contribution in [2.24, 2.45) is 5.92 Å². The first-order chi connectivity index (χ1) is 23.6. The number of hydrogen-bond acceptors (Lipinski definition) is 18. The molecule has 0 unspecified atom stereocenters. The fourth-order valence-electron chi connectivity index (χ4n) is 5.68. The van der Waals surface area contributed by atoms with Crippen molar-refractivity contribution in [1.29, 1.82) is 0 Å². The van der Waals surface area contributed by atoms with E-state index >= 15 is 8.78 Å². The van der Waals surface area contributed by atoms with E-state index in [1.54, 1.807) is 13.8 Å². The zero-order chi connectivity index (χ0) is 35.7. The summed E-state index contributed by atoms with van der Waals surface area (Å²) in [6.07, 6.45) is -9.52.